The second-order valence-electron chi connectivity index (χ2n) is 5.55. The van der Waals surface area contributed by atoms with E-state index in [4.69, 9.17) is 16.0 Å². The van der Waals surface area contributed by atoms with E-state index < -0.39 is 29.8 Å². The molecule has 3 aromatic rings. The molecule has 0 fully saturated rings. The number of halogens is 5. The average Bonchev–Trinajstić information content (AvgIpc) is 2.90. The van der Waals surface area contributed by atoms with Crippen molar-refractivity contribution in [3.05, 3.63) is 53.0 Å². The van der Waals surface area contributed by atoms with Crippen LogP contribution >= 0.6 is 11.6 Å². The third-order valence-electron chi connectivity index (χ3n) is 3.68. The van der Waals surface area contributed by atoms with Gasteiger partial charge in [0.05, 0.1) is 18.1 Å². The lowest BCUT2D eigenvalue weighted by Gasteiger charge is -2.20. The second-order valence-corrected chi connectivity index (χ2v) is 5.88. The third kappa shape index (κ3) is 4.11. The van der Waals surface area contributed by atoms with Crippen LogP contribution < -0.4 is 10.6 Å². The van der Waals surface area contributed by atoms with Crippen LogP contribution in [0.2, 0.25) is 5.28 Å². The minimum absolute atomic E-state index is 0.0428. The van der Waals surface area contributed by atoms with Crippen LogP contribution in [0, 0.1) is 12.7 Å². The Labute approximate surface area is 154 Å². The highest BCUT2D eigenvalue weighted by atomic mass is 35.5. The maximum atomic E-state index is 13.5. The Balaban J connectivity index is 1.89. The first-order valence-corrected chi connectivity index (χ1v) is 7.83. The molecule has 0 bridgehead atoms. The van der Waals surface area contributed by atoms with Gasteiger partial charge in [-0.2, -0.15) is 13.2 Å². The zero-order valence-corrected chi connectivity index (χ0v) is 14.3. The summed E-state index contributed by atoms with van der Waals surface area (Å²) in [6.45, 7) is 1.35. The summed E-state index contributed by atoms with van der Waals surface area (Å²) >= 11 is 5.50. The number of nitrogens with one attached hydrogen (secondary N) is 2. The van der Waals surface area contributed by atoms with Crippen molar-refractivity contribution in [2.75, 3.05) is 5.32 Å². The summed E-state index contributed by atoms with van der Waals surface area (Å²) in [5.41, 5.74) is 0.189. The summed E-state index contributed by atoms with van der Waals surface area (Å²) < 4.78 is 59.2. The summed E-state index contributed by atoms with van der Waals surface area (Å²) in [6, 6.07) is -0.246. The van der Waals surface area contributed by atoms with Gasteiger partial charge in [0.25, 0.3) is 0 Å². The minimum atomic E-state index is -4.86. The molecule has 0 aliphatic rings. The molecule has 6 nitrogen and oxygen atoms in total. The summed E-state index contributed by atoms with van der Waals surface area (Å²) in [5.74, 6) is -1.15. The van der Waals surface area contributed by atoms with Gasteiger partial charge in [-0.3, -0.25) is 0 Å². The number of nitrogens with zero attached hydrogens (tertiary/aromatic N) is 2. The summed E-state index contributed by atoms with van der Waals surface area (Å²) in [5, 5.41) is 4.07. The molecule has 0 spiro atoms. The Kier molecular flexibility index (Phi) is 4.92. The summed E-state index contributed by atoms with van der Waals surface area (Å²) in [4.78, 5) is 19.2. The molecule has 0 radical (unpaired) electrons. The number of aryl methyl sites for hydroxylation is 1. The number of alkyl halides is 3. The number of urea groups is 1. The van der Waals surface area contributed by atoms with E-state index in [9.17, 15) is 22.4 Å². The molecule has 0 aliphatic carbocycles. The van der Waals surface area contributed by atoms with Gasteiger partial charge >= 0.3 is 12.2 Å². The molecule has 27 heavy (non-hydrogen) atoms. The van der Waals surface area contributed by atoms with Gasteiger partial charge in [-0.1, -0.05) is 0 Å². The molecule has 2 N–H and O–H groups in total. The molecular formula is C16H11ClF4N4O2. The van der Waals surface area contributed by atoms with Crippen molar-refractivity contribution in [3.8, 4) is 0 Å². The quantitative estimate of drug-likeness (QED) is 0.489. The number of carbonyl (C=O) groups is 1. The van der Waals surface area contributed by atoms with Crippen molar-refractivity contribution >= 4 is 34.3 Å². The van der Waals surface area contributed by atoms with Crippen molar-refractivity contribution in [2.24, 2.45) is 0 Å². The van der Waals surface area contributed by atoms with Crippen molar-refractivity contribution in [1.82, 2.24) is 15.3 Å². The third-order valence-corrected chi connectivity index (χ3v) is 3.87. The van der Waals surface area contributed by atoms with Gasteiger partial charge in [0, 0.05) is 10.9 Å². The fourth-order valence-electron chi connectivity index (χ4n) is 2.46. The Morgan fingerprint density at radius 1 is 1.26 bits per heavy atom. The lowest BCUT2D eigenvalue weighted by Crippen LogP contribution is -2.40. The summed E-state index contributed by atoms with van der Waals surface area (Å²) in [6.07, 6.45) is -2.59. The Morgan fingerprint density at radius 3 is 2.56 bits per heavy atom. The molecule has 2 aromatic heterocycles. The van der Waals surface area contributed by atoms with Gasteiger partial charge < -0.3 is 15.1 Å². The number of hydrogen-bond donors (Lipinski definition) is 2. The normalized spacial score (nSPS) is 12.8. The lowest BCUT2D eigenvalue weighted by molar-refractivity contribution is -0.158. The van der Waals surface area contributed by atoms with E-state index in [1.54, 1.807) is 5.32 Å². The fourth-order valence-corrected chi connectivity index (χ4v) is 2.56. The molecule has 0 aliphatic heterocycles. The predicted octanol–water partition coefficient (Wildman–Crippen LogP) is 4.75. The van der Waals surface area contributed by atoms with Gasteiger partial charge in [0.15, 0.2) is 6.04 Å². The van der Waals surface area contributed by atoms with Crippen molar-refractivity contribution < 1.29 is 26.8 Å². The van der Waals surface area contributed by atoms with Crippen LogP contribution in [0.15, 0.2) is 35.0 Å². The Bertz CT molecular complexity index is 988. The van der Waals surface area contributed by atoms with Gasteiger partial charge in [-0.15, -0.1) is 0 Å². The van der Waals surface area contributed by atoms with Crippen LogP contribution in [0.4, 0.5) is 28.0 Å². The van der Waals surface area contributed by atoms with Crippen molar-refractivity contribution in [2.45, 2.75) is 19.1 Å². The highest BCUT2D eigenvalue weighted by molar-refractivity contribution is 6.28. The van der Waals surface area contributed by atoms with Crippen molar-refractivity contribution in [3.63, 3.8) is 0 Å². The number of rotatable bonds is 3. The van der Waals surface area contributed by atoms with E-state index in [-0.39, 0.29) is 27.5 Å². The van der Waals surface area contributed by atoms with Crippen LogP contribution in [0.3, 0.4) is 0 Å². The molecule has 11 heteroatoms. The topological polar surface area (TPSA) is 80.0 Å². The van der Waals surface area contributed by atoms with Gasteiger partial charge in [0.2, 0.25) is 5.28 Å². The van der Waals surface area contributed by atoms with E-state index in [1.165, 1.54) is 13.0 Å². The zero-order valence-electron chi connectivity index (χ0n) is 13.6. The van der Waals surface area contributed by atoms with E-state index in [0.29, 0.717) is 0 Å². The van der Waals surface area contributed by atoms with E-state index in [0.717, 1.165) is 24.5 Å². The molecule has 1 atom stereocenters. The highest BCUT2D eigenvalue weighted by Crippen LogP contribution is 2.38. The molecule has 142 valence electrons. The largest absolute Gasteiger partial charge is 0.458 e. The molecule has 3 rings (SSSR count). The molecule has 0 unspecified atom stereocenters. The number of furan rings is 1. The maximum absolute atomic E-state index is 13.5. The predicted molar refractivity (Wildman–Crippen MR) is 88.9 cm³/mol. The number of amides is 2. The first-order chi connectivity index (χ1) is 12.6. The van der Waals surface area contributed by atoms with Gasteiger partial charge in [0.1, 0.15) is 17.2 Å². The number of anilines is 1. The fraction of sp³-hybridized carbons (Fsp3) is 0.188. The number of benzene rings is 1. The minimum Gasteiger partial charge on any atom is -0.458 e. The van der Waals surface area contributed by atoms with E-state index >= 15 is 0 Å². The maximum Gasteiger partial charge on any atom is 0.416 e. The van der Waals surface area contributed by atoms with Crippen LogP contribution in [0.1, 0.15) is 17.4 Å². The van der Waals surface area contributed by atoms with E-state index in [1.807, 2.05) is 0 Å². The average molecular weight is 403 g/mol. The zero-order chi connectivity index (χ0) is 19.8. The van der Waals surface area contributed by atoms with Crippen LogP contribution in [0.25, 0.3) is 11.0 Å². The number of hydrogen-bond acceptors (Lipinski definition) is 4. The smallest absolute Gasteiger partial charge is 0.416 e. The highest BCUT2D eigenvalue weighted by Gasteiger charge is 2.45. The monoisotopic (exact) mass is 402 g/mol. The van der Waals surface area contributed by atoms with Gasteiger partial charge in [-0.25, -0.2) is 19.2 Å². The SMILES string of the molecule is Cc1c([C@@H](NC(=O)Nc2cnc(Cl)nc2)C(F)(F)F)oc2ccc(F)cc12. The second kappa shape index (κ2) is 7.03. The van der Waals surface area contributed by atoms with Crippen LogP contribution in [-0.4, -0.2) is 22.2 Å². The van der Waals surface area contributed by atoms with Crippen molar-refractivity contribution in [1.29, 1.82) is 0 Å². The van der Waals surface area contributed by atoms with E-state index in [2.05, 4.69) is 15.3 Å². The summed E-state index contributed by atoms with van der Waals surface area (Å²) in [7, 11) is 0. The standard InChI is InChI=1S/C16H11ClF4N4O2/c1-7-10-4-8(18)2-3-11(10)27-12(7)13(16(19,20)21)25-15(26)24-9-5-22-14(17)23-6-9/h2-6,13H,1H3,(H2,24,25,26)/t13-/m1/s1. The van der Waals surface area contributed by atoms with Crippen LogP contribution in [0.5, 0.6) is 0 Å². The van der Waals surface area contributed by atoms with Gasteiger partial charge in [-0.05, 0) is 36.7 Å². The lowest BCUT2D eigenvalue weighted by atomic mass is 10.1. The number of carbonyl (C=O) groups excluding carboxylic acids is 1. The Morgan fingerprint density at radius 2 is 1.93 bits per heavy atom. The molecular weight excluding hydrogens is 392 g/mol. The first-order valence-electron chi connectivity index (χ1n) is 7.45. The molecule has 2 heterocycles. The Hall–Kier alpha value is -2.88. The molecule has 0 saturated carbocycles. The molecule has 1 aromatic carbocycles. The van der Waals surface area contributed by atoms with Crippen LogP contribution in [-0.2, 0) is 0 Å². The molecule has 2 amide bonds. The number of aromatic nitrogens is 2. The first kappa shape index (κ1) is 18.9. The molecule has 0 saturated heterocycles. The number of fused-ring (bicyclic) bond motifs is 1.